The molecular weight excluding hydrogens is 370 g/mol. The molecular formula is C21H25N5O3. The predicted molar refractivity (Wildman–Crippen MR) is 109 cm³/mol. The van der Waals surface area contributed by atoms with Gasteiger partial charge >= 0.3 is 0 Å². The average Bonchev–Trinajstić information content (AvgIpc) is 3.20. The summed E-state index contributed by atoms with van der Waals surface area (Å²) in [5.74, 6) is -0.379. The molecule has 1 aliphatic rings. The third-order valence-electron chi connectivity index (χ3n) is 5.35. The highest BCUT2D eigenvalue weighted by Crippen LogP contribution is 2.16. The second kappa shape index (κ2) is 7.44. The van der Waals surface area contributed by atoms with E-state index in [9.17, 15) is 9.59 Å². The Morgan fingerprint density at radius 3 is 2.90 bits per heavy atom. The van der Waals surface area contributed by atoms with Crippen LogP contribution in [0.3, 0.4) is 0 Å². The molecule has 1 aliphatic heterocycles. The average molecular weight is 395 g/mol. The Hall–Kier alpha value is -3.00. The molecule has 152 valence electrons. The Labute approximate surface area is 167 Å². The molecule has 3 aromatic heterocycles. The molecule has 0 unspecified atom stereocenters. The summed E-state index contributed by atoms with van der Waals surface area (Å²) in [4.78, 5) is 30.7. The van der Waals surface area contributed by atoms with Crippen LogP contribution in [0.4, 0.5) is 0 Å². The number of nitrogens with one attached hydrogen (secondary N) is 2. The van der Waals surface area contributed by atoms with Crippen molar-refractivity contribution in [3.8, 4) is 0 Å². The van der Waals surface area contributed by atoms with E-state index in [-0.39, 0.29) is 34.7 Å². The Balaban J connectivity index is 1.90. The van der Waals surface area contributed by atoms with Crippen LogP contribution in [-0.4, -0.2) is 39.1 Å². The molecule has 4 heterocycles. The minimum Gasteiger partial charge on any atom is -0.376 e. The van der Waals surface area contributed by atoms with E-state index in [2.05, 4.69) is 10.3 Å². The van der Waals surface area contributed by atoms with Crippen LogP contribution in [0, 0.1) is 12.3 Å². The topological polar surface area (TPSA) is 101 Å². The summed E-state index contributed by atoms with van der Waals surface area (Å²) < 4.78 is 8.68. The molecule has 1 amide bonds. The minimum absolute atomic E-state index is 0.00465. The van der Waals surface area contributed by atoms with Crippen molar-refractivity contribution in [2.24, 2.45) is 0 Å². The molecule has 8 nitrogen and oxygen atoms in total. The quantitative estimate of drug-likeness (QED) is 0.659. The van der Waals surface area contributed by atoms with Crippen molar-refractivity contribution in [2.75, 3.05) is 13.2 Å². The summed E-state index contributed by atoms with van der Waals surface area (Å²) in [7, 11) is 0. The molecule has 0 bridgehead atoms. The van der Waals surface area contributed by atoms with E-state index in [0.29, 0.717) is 29.8 Å². The predicted octanol–water partition coefficient (Wildman–Crippen LogP) is 1.93. The Kier molecular flexibility index (Phi) is 4.96. The van der Waals surface area contributed by atoms with E-state index in [1.165, 1.54) is 10.5 Å². The number of carbonyl (C=O) groups is 1. The zero-order valence-electron chi connectivity index (χ0n) is 16.9. The van der Waals surface area contributed by atoms with Crippen LogP contribution in [0.25, 0.3) is 16.7 Å². The van der Waals surface area contributed by atoms with Crippen molar-refractivity contribution in [1.29, 1.82) is 5.41 Å². The molecule has 0 radical (unpaired) electrons. The van der Waals surface area contributed by atoms with Crippen molar-refractivity contribution in [3.63, 3.8) is 0 Å². The summed E-state index contributed by atoms with van der Waals surface area (Å²) in [5.41, 5.74) is 1.79. The molecule has 2 N–H and O–H groups in total. The van der Waals surface area contributed by atoms with E-state index in [1.807, 2.05) is 26.8 Å². The minimum atomic E-state index is -0.379. The summed E-state index contributed by atoms with van der Waals surface area (Å²) >= 11 is 0. The second-order valence-electron chi connectivity index (χ2n) is 7.75. The lowest BCUT2D eigenvalue weighted by Crippen LogP contribution is -2.38. The molecule has 1 atom stereocenters. The summed E-state index contributed by atoms with van der Waals surface area (Å²) in [5, 5.41) is 11.8. The van der Waals surface area contributed by atoms with Crippen LogP contribution in [0.1, 0.15) is 48.7 Å². The fourth-order valence-electron chi connectivity index (χ4n) is 3.84. The lowest BCUT2D eigenvalue weighted by atomic mass is 10.1. The van der Waals surface area contributed by atoms with Crippen molar-refractivity contribution in [3.05, 3.63) is 51.4 Å². The number of hydrogen-bond donors (Lipinski definition) is 2. The second-order valence-corrected chi connectivity index (χ2v) is 7.75. The van der Waals surface area contributed by atoms with Crippen LogP contribution < -0.4 is 16.4 Å². The van der Waals surface area contributed by atoms with Gasteiger partial charge in [-0.2, -0.15) is 0 Å². The van der Waals surface area contributed by atoms with E-state index < -0.39 is 0 Å². The number of aromatic nitrogens is 3. The van der Waals surface area contributed by atoms with Gasteiger partial charge < -0.3 is 14.6 Å². The van der Waals surface area contributed by atoms with E-state index in [0.717, 1.165) is 18.4 Å². The highest BCUT2D eigenvalue weighted by Gasteiger charge is 2.21. The van der Waals surface area contributed by atoms with Gasteiger partial charge in [0.1, 0.15) is 16.8 Å². The van der Waals surface area contributed by atoms with Crippen LogP contribution in [-0.2, 0) is 4.74 Å². The molecule has 0 spiro atoms. The molecule has 0 saturated carbocycles. The van der Waals surface area contributed by atoms with Gasteiger partial charge in [0.2, 0.25) is 0 Å². The standard InChI is InChI=1S/C21H25N5O3/c1-12(2)26-17(22)15(20(27)23-11-14-7-5-9-29-14)10-16-19(26)24-18-13(3)6-4-8-25(18)21(16)28/h4,6,8,10,12,14,22H,5,7,9,11H2,1-3H3,(H,23,27)/t14-/m0/s1. The fraction of sp³-hybridized carbons (Fsp3) is 0.429. The van der Waals surface area contributed by atoms with Gasteiger partial charge in [-0.25, -0.2) is 4.98 Å². The lowest BCUT2D eigenvalue weighted by Gasteiger charge is -2.18. The van der Waals surface area contributed by atoms with Gasteiger partial charge in [0.25, 0.3) is 11.5 Å². The molecule has 4 rings (SSSR count). The van der Waals surface area contributed by atoms with Crippen LogP contribution in [0.2, 0.25) is 0 Å². The number of hydrogen-bond acceptors (Lipinski definition) is 5. The number of pyridine rings is 2. The highest BCUT2D eigenvalue weighted by molar-refractivity contribution is 5.96. The van der Waals surface area contributed by atoms with Crippen molar-refractivity contribution in [2.45, 2.75) is 45.8 Å². The molecule has 8 heteroatoms. The molecule has 1 saturated heterocycles. The van der Waals surface area contributed by atoms with Crippen LogP contribution in [0.5, 0.6) is 0 Å². The maximum absolute atomic E-state index is 13.2. The van der Waals surface area contributed by atoms with Crippen LogP contribution >= 0.6 is 0 Å². The van der Waals surface area contributed by atoms with Gasteiger partial charge in [0.15, 0.2) is 0 Å². The maximum Gasteiger partial charge on any atom is 0.267 e. The number of ether oxygens (including phenoxy) is 1. The largest absolute Gasteiger partial charge is 0.376 e. The number of carbonyl (C=O) groups excluding carboxylic acids is 1. The molecule has 3 aromatic rings. The number of rotatable bonds is 4. The summed E-state index contributed by atoms with van der Waals surface area (Å²) in [6, 6.07) is 5.03. The third-order valence-corrected chi connectivity index (χ3v) is 5.35. The zero-order valence-corrected chi connectivity index (χ0v) is 16.9. The number of amides is 1. The zero-order chi connectivity index (χ0) is 20.7. The Morgan fingerprint density at radius 1 is 1.41 bits per heavy atom. The molecule has 0 aromatic carbocycles. The monoisotopic (exact) mass is 395 g/mol. The number of fused-ring (bicyclic) bond motifs is 2. The van der Waals surface area contributed by atoms with E-state index in [1.54, 1.807) is 16.8 Å². The van der Waals surface area contributed by atoms with Gasteiger partial charge in [-0.05, 0) is 51.3 Å². The molecule has 1 fully saturated rings. The van der Waals surface area contributed by atoms with Crippen molar-refractivity contribution >= 4 is 22.6 Å². The number of aryl methyl sites for hydroxylation is 1. The van der Waals surface area contributed by atoms with Gasteiger partial charge in [-0.15, -0.1) is 0 Å². The Bertz CT molecular complexity index is 1220. The van der Waals surface area contributed by atoms with Gasteiger partial charge in [0.05, 0.1) is 17.1 Å². The molecule has 0 aliphatic carbocycles. The smallest absolute Gasteiger partial charge is 0.267 e. The third kappa shape index (κ3) is 3.33. The van der Waals surface area contributed by atoms with Crippen LogP contribution in [0.15, 0.2) is 29.2 Å². The SMILES string of the molecule is Cc1cccn2c(=O)c3cc(C(=O)NC[C@@H]4CCCO4)c(=N)n(C(C)C)c3nc12. The first-order chi connectivity index (χ1) is 13.9. The first kappa shape index (κ1) is 19.3. The maximum atomic E-state index is 13.2. The number of nitrogens with zero attached hydrogens (tertiary/aromatic N) is 3. The first-order valence-corrected chi connectivity index (χ1v) is 9.90. The Morgan fingerprint density at radius 2 is 2.21 bits per heavy atom. The lowest BCUT2D eigenvalue weighted by molar-refractivity contribution is 0.0855. The fourth-order valence-corrected chi connectivity index (χ4v) is 3.84. The van der Waals surface area contributed by atoms with E-state index in [4.69, 9.17) is 10.1 Å². The van der Waals surface area contributed by atoms with E-state index >= 15 is 0 Å². The highest BCUT2D eigenvalue weighted by atomic mass is 16.5. The summed E-state index contributed by atoms with van der Waals surface area (Å²) in [6.07, 6.45) is 3.57. The van der Waals surface area contributed by atoms with Crippen molar-refractivity contribution in [1.82, 2.24) is 19.3 Å². The van der Waals surface area contributed by atoms with Gasteiger partial charge in [-0.3, -0.25) is 19.4 Å². The normalized spacial score (nSPS) is 16.8. The summed E-state index contributed by atoms with van der Waals surface area (Å²) in [6.45, 7) is 6.82. The van der Waals surface area contributed by atoms with Gasteiger partial charge in [0, 0.05) is 25.4 Å². The molecule has 29 heavy (non-hydrogen) atoms. The van der Waals surface area contributed by atoms with Crippen molar-refractivity contribution < 1.29 is 9.53 Å². The van der Waals surface area contributed by atoms with Gasteiger partial charge in [-0.1, -0.05) is 6.07 Å². The first-order valence-electron chi connectivity index (χ1n) is 9.90.